The molecule has 0 bridgehead atoms. The maximum Gasteiger partial charge on any atom is 0.335 e. The molecule has 5 nitrogen and oxygen atoms in total. The van der Waals surface area contributed by atoms with Crippen molar-refractivity contribution in [2.45, 2.75) is 13.3 Å². The van der Waals surface area contributed by atoms with Crippen LogP contribution >= 0.6 is 0 Å². The summed E-state index contributed by atoms with van der Waals surface area (Å²) in [4.78, 5) is 22.2. The molecule has 106 valence electrons. The predicted octanol–water partition coefficient (Wildman–Crippen LogP) is 3.02. The summed E-state index contributed by atoms with van der Waals surface area (Å²) >= 11 is 0. The number of carbonyl (C=O) groups is 1. The number of aryl methyl sites for hydroxylation is 1. The molecule has 1 aromatic carbocycles. The van der Waals surface area contributed by atoms with E-state index in [0.29, 0.717) is 29.0 Å². The van der Waals surface area contributed by atoms with Gasteiger partial charge < -0.3 is 10.1 Å². The van der Waals surface area contributed by atoms with Gasteiger partial charge in [0.25, 0.3) is 0 Å². The van der Waals surface area contributed by atoms with E-state index in [9.17, 15) is 9.18 Å². The van der Waals surface area contributed by atoms with Gasteiger partial charge in [-0.15, -0.1) is 0 Å². The highest BCUT2D eigenvalue weighted by Gasteiger charge is 2.13. The van der Waals surface area contributed by atoms with Crippen LogP contribution in [0.5, 0.6) is 0 Å². The maximum atomic E-state index is 13.7. The number of rotatable bonds is 3. The molecule has 0 aliphatic rings. The molecular weight excluding hydrogens is 273 g/mol. The minimum atomic E-state index is -0.983. The second-order valence-electron chi connectivity index (χ2n) is 4.60. The number of halogens is 1. The van der Waals surface area contributed by atoms with Crippen molar-refractivity contribution < 1.29 is 14.3 Å². The second-order valence-corrected chi connectivity index (χ2v) is 4.60. The average molecular weight is 285 g/mol. The summed E-state index contributed by atoms with van der Waals surface area (Å²) in [5.74, 6) is -0.806. The highest BCUT2D eigenvalue weighted by atomic mass is 19.1. The van der Waals surface area contributed by atoms with Crippen LogP contribution < -0.4 is 0 Å². The molecule has 0 fully saturated rings. The van der Waals surface area contributed by atoms with E-state index in [1.807, 2.05) is 6.92 Å². The monoisotopic (exact) mass is 285 g/mol. The van der Waals surface area contributed by atoms with Gasteiger partial charge in [0.15, 0.2) is 5.65 Å². The third kappa shape index (κ3) is 2.24. The number of nitrogens with zero attached hydrogens (tertiary/aromatic N) is 2. The fraction of sp³-hybridized carbons (Fsp3) is 0.133. The second kappa shape index (κ2) is 4.97. The molecule has 3 aromatic rings. The van der Waals surface area contributed by atoms with Crippen molar-refractivity contribution in [3.8, 4) is 11.4 Å². The third-order valence-corrected chi connectivity index (χ3v) is 3.33. The number of benzene rings is 1. The normalized spacial score (nSPS) is 11.0. The Labute approximate surface area is 119 Å². The first-order chi connectivity index (χ1) is 10.1. The fourth-order valence-corrected chi connectivity index (χ4v) is 2.24. The predicted molar refractivity (Wildman–Crippen MR) is 75.6 cm³/mol. The Morgan fingerprint density at radius 3 is 2.67 bits per heavy atom. The quantitative estimate of drug-likeness (QED) is 0.775. The number of aromatic carboxylic acids is 1. The minimum Gasteiger partial charge on any atom is -0.478 e. The largest absolute Gasteiger partial charge is 0.478 e. The Kier molecular flexibility index (Phi) is 3.13. The Hall–Kier alpha value is -2.76. The van der Waals surface area contributed by atoms with E-state index in [1.165, 1.54) is 18.3 Å². The Bertz CT molecular complexity index is 825. The Morgan fingerprint density at radius 1 is 1.33 bits per heavy atom. The van der Waals surface area contributed by atoms with Crippen LogP contribution in [-0.2, 0) is 6.42 Å². The maximum absolute atomic E-state index is 13.7. The standard InChI is InChI=1S/C15H12FN3O2/c1-2-10-11(16)7-17-14-12(10)18-13(19-14)8-3-5-9(6-4-8)15(20)21/h3-7H,2H2,1H3,(H,20,21)(H,17,18,19). The molecule has 0 radical (unpaired) electrons. The molecule has 0 saturated carbocycles. The summed E-state index contributed by atoms with van der Waals surface area (Å²) in [6.45, 7) is 1.86. The number of fused-ring (bicyclic) bond motifs is 1. The number of pyridine rings is 1. The van der Waals surface area contributed by atoms with Gasteiger partial charge in [-0.1, -0.05) is 19.1 Å². The van der Waals surface area contributed by atoms with Crippen LogP contribution in [0.15, 0.2) is 30.5 Å². The van der Waals surface area contributed by atoms with Crippen molar-refractivity contribution >= 4 is 17.1 Å². The Morgan fingerprint density at radius 2 is 2.05 bits per heavy atom. The lowest BCUT2D eigenvalue weighted by atomic mass is 10.1. The summed E-state index contributed by atoms with van der Waals surface area (Å²) in [5.41, 5.74) is 2.50. The zero-order valence-electron chi connectivity index (χ0n) is 11.2. The summed E-state index contributed by atoms with van der Waals surface area (Å²) in [6, 6.07) is 6.31. The molecule has 0 atom stereocenters. The van der Waals surface area contributed by atoms with Crippen LogP contribution in [-0.4, -0.2) is 26.0 Å². The van der Waals surface area contributed by atoms with E-state index in [0.717, 1.165) is 5.56 Å². The lowest BCUT2D eigenvalue weighted by molar-refractivity contribution is 0.0697. The number of imidazole rings is 1. The third-order valence-electron chi connectivity index (χ3n) is 3.33. The van der Waals surface area contributed by atoms with Crippen LogP contribution in [0, 0.1) is 5.82 Å². The first kappa shape index (κ1) is 13.2. The number of aromatic nitrogens is 3. The molecule has 0 aliphatic carbocycles. The van der Waals surface area contributed by atoms with Gasteiger partial charge in [-0.25, -0.2) is 19.2 Å². The molecule has 0 saturated heterocycles. The number of carboxylic acids is 1. The summed E-state index contributed by atoms with van der Waals surface area (Å²) in [5, 5.41) is 8.88. The number of H-pyrrole nitrogens is 1. The van der Waals surface area contributed by atoms with Crippen LogP contribution in [0.1, 0.15) is 22.8 Å². The molecule has 2 aromatic heterocycles. The molecule has 6 heteroatoms. The molecule has 2 N–H and O–H groups in total. The van der Waals surface area contributed by atoms with E-state index in [-0.39, 0.29) is 11.4 Å². The van der Waals surface area contributed by atoms with Crippen LogP contribution in [0.4, 0.5) is 4.39 Å². The lowest BCUT2D eigenvalue weighted by Crippen LogP contribution is -1.95. The summed E-state index contributed by atoms with van der Waals surface area (Å²) in [7, 11) is 0. The van der Waals surface area contributed by atoms with Gasteiger partial charge in [0.2, 0.25) is 0 Å². The number of carboxylic acid groups (broad SMARTS) is 1. The van der Waals surface area contributed by atoms with Gasteiger partial charge in [0, 0.05) is 11.1 Å². The SMILES string of the molecule is CCc1c(F)cnc2nc(-c3ccc(C(=O)O)cc3)[nH]c12. The zero-order chi connectivity index (χ0) is 15.0. The van der Waals surface area contributed by atoms with E-state index in [4.69, 9.17) is 5.11 Å². The molecule has 21 heavy (non-hydrogen) atoms. The van der Waals surface area contributed by atoms with Gasteiger partial charge in [-0.2, -0.15) is 0 Å². The van der Waals surface area contributed by atoms with Crippen LogP contribution in [0.25, 0.3) is 22.6 Å². The zero-order valence-corrected chi connectivity index (χ0v) is 11.2. The fourth-order valence-electron chi connectivity index (χ4n) is 2.24. The summed E-state index contributed by atoms with van der Waals surface area (Å²) in [6.07, 6.45) is 1.70. The lowest BCUT2D eigenvalue weighted by Gasteiger charge is -1.99. The number of hydrogen-bond donors (Lipinski definition) is 2. The Balaban J connectivity index is 2.10. The first-order valence-electron chi connectivity index (χ1n) is 6.47. The van der Waals surface area contributed by atoms with Gasteiger partial charge in [0.1, 0.15) is 11.6 Å². The molecule has 0 aliphatic heterocycles. The van der Waals surface area contributed by atoms with Crippen molar-refractivity contribution in [3.63, 3.8) is 0 Å². The topological polar surface area (TPSA) is 78.9 Å². The van der Waals surface area contributed by atoms with Crippen molar-refractivity contribution in [3.05, 3.63) is 47.4 Å². The van der Waals surface area contributed by atoms with Crippen LogP contribution in [0.3, 0.4) is 0 Å². The molecule has 2 heterocycles. The van der Waals surface area contributed by atoms with Gasteiger partial charge in [-0.3, -0.25) is 0 Å². The molecule has 0 unspecified atom stereocenters. The highest BCUT2D eigenvalue weighted by molar-refractivity contribution is 5.88. The van der Waals surface area contributed by atoms with E-state index in [1.54, 1.807) is 12.1 Å². The van der Waals surface area contributed by atoms with E-state index < -0.39 is 5.97 Å². The smallest absolute Gasteiger partial charge is 0.335 e. The molecule has 3 rings (SSSR count). The van der Waals surface area contributed by atoms with Crippen molar-refractivity contribution in [1.82, 2.24) is 15.0 Å². The molecular formula is C15H12FN3O2. The van der Waals surface area contributed by atoms with Gasteiger partial charge in [-0.05, 0) is 18.6 Å². The van der Waals surface area contributed by atoms with Crippen LogP contribution in [0.2, 0.25) is 0 Å². The summed E-state index contributed by atoms with van der Waals surface area (Å²) < 4.78 is 13.7. The highest BCUT2D eigenvalue weighted by Crippen LogP contribution is 2.23. The molecule has 0 spiro atoms. The first-order valence-corrected chi connectivity index (χ1v) is 6.47. The van der Waals surface area contributed by atoms with Crippen molar-refractivity contribution in [2.75, 3.05) is 0 Å². The van der Waals surface area contributed by atoms with E-state index >= 15 is 0 Å². The number of nitrogens with one attached hydrogen (secondary N) is 1. The van der Waals surface area contributed by atoms with Gasteiger partial charge in [0.05, 0.1) is 17.3 Å². The van der Waals surface area contributed by atoms with Crippen molar-refractivity contribution in [2.24, 2.45) is 0 Å². The minimum absolute atomic E-state index is 0.202. The van der Waals surface area contributed by atoms with Crippen molar-refractivity contribution in [1.29, 1.82) is 0 Å². The number of aromatic amines is 1. The number of hydrogen-bond acceptors (Lipinski definition) is 3. The van der Waals surface area contributed by atoms with Gasteiger partial charge >= 0.3 is 5.97 Å². The average Bonchev–Trinajstić information content (AvgIpc) is 2.91. The van der Waals surface area contributed by atoms with E-state index in [2.05, 4.69) is 15.0 Å². The molecule has 0 amide bonds.